The van der Waals surface area contributed by atoms with Crippen LogP contribution in [-0.2, 0) is 14.9 Å². The van der Waals surface area contributed by atoms with Crippen molar-refractivity contribution in [3.8, 4) is 11.1 Å². The van der Waals surface area contributed by atoms with Gasteiger partial charge in [-0.25, -0.2) is 0 Å². The van der Waals surface area contributed by atoms with Crippen molar-refractivity contribution in [3.63, 3.8) is 0 Å². The Morgan fingerprint density at radius 3 is 2.29 bits per heavy atom. The topological polar surface area (TPSA) is 71.4 Å². The highest BCUT2D eigenvalue weighted by molar-refractivity contribution is 9.10. The van der Waals surface area contributed by atoms with Gasteiger partial charge in [0.2, 0.25) is 0 Å². The average Bonchev–Trinajstić information content (AvgIpc) is 3.15. The normalized spacial score (nSPS) is 12.1. The molecule has 0 amide bonds. The summed E-state index contributed by atoms with van der Waals surface area (Å²) < 4.78 is 33.0. The zero-order valence-electron chi connectivity index (χ0n) is 14.4. The molecule has 1 aromatic heterocycles. The quantitative estimate of drug-likeness (QED) is 0.366. The third-order valence-electron chi connectivity index (χ3n) is 3.81. The molecule has 0 spiro atoms. The molecule has 0 aliphatic rings. The second-order valence-corrected chi connectivity index (χ2v) is 9.29. The van der Waals surface area contributed by atoms with E-state index in [1.54, 1.807) is 47.9 Å². The zero-order valence-corrected chi connectivity index (χ0v) is 17.7. The minimum atomic E-state index is -4.25. The summed E-state index contributed by atoms with van der Waals surface area (Å²) in [6, 6.07) is 16.3. The summed E-state index contributed by atoms with van der Waals surface area (Å²) in [5.41, 5.74) is 2.85. The highest BCUT2D eigenvalue weighted by Crippen LogP contribution is 2.32. The van der Waals surface area contributed by atoms with Crippen LogP contribution in [0.1, 0.15) is 11.1 Å². The Labute approximate surface area is 175 Å². The van der Waals surface area contributed by atoms with Crippen molar-refractivity contribution in [2.75, 3.05) is 0 Å². The van der Waals surface area contributed by atoms with Crippen molar-refractivity contribution in [2.24, 2.45) is 0 Å². The van der Waals surface area contributed by atoms with Crippen LogP contribution in [0, 0.1) is 0 Å². The van der Waals surface area contributed by atoms with Crippen molar-refractivity contribution in [2.45, 2.75) is 4.21 Å². The molecule has 0 aliphatic carbocycles. The molecule has 0 bridgehead atoms. The van der Waals surface area contributed by atoms with Gasteiger partial charge in [0.25, 0.3) is 0 Å². The maximum atomic E-state index is 12.0. The number of halogens is 1. The Balaban J connectivity index is 1.71. The lowest BCUT2D eigenvalue weighted by Crippen LogP contribution is -1.96. The molecular formula is C21H15BrO4S2. The van der Waals surface area contributed by atoms with Crippen molar-refractivity contribution in [1.82, 2.24) is 0 Å². The largest absolute Gasteiger partial charge is 0.304 e. The molecule has 3 rings (SSSR count). The number of thiophene rings is 1. The first-order valence-corrected chi connectivity index (χ1v) is 11.3. The summed E-state index contributed by atoms with van der Waals surface area (Å²) in [6.45, 7) is 0. The van der Waals surface area contributed by atoms with E-state index in [0.717, 1.165) is 26.9 Å². The number of carbonyl (C=O) groups excluding carboxylic acids is 1. The van der Waals surface area contributed by atoms with Crippen molar-refractivity contribution in [3.05, 3.63) is 87.7 Å². The Morgan fingerprint density at radius 2 is 1.64 bits per heavy atom. The van der Waals surface area contributed by atoms with E-state index in [1.165, 1.54) is 12.2 Å². The Morgan fingerprint density at radius 1 is 0.964 bits per heavy atom. The minimum absolute atomic E-state index is 0.0799. The molecule has 7 heteroatoms. The summed E-state index contributed by atoms with van der Waals surface area (Å²) in [5, 5.41) is 1.61. The van der Waals surface area contributed by atoms with Gasteiger partial charge >= 0.3 is 10.1 Å². The molecule has 0 atom stereocenters. The fourth-order valence-corrected chi connectivity index (χ4v) is 4.68. The van der Waals surface area contributed by atoms with Crippen LogP contribution in [0.5, 0.6) is 0 Å². The Kier molecular flexibility index (Phi) is 6.41. The number of hydrogen-bond acceptors (Lipinski definition) is 4. The van der Waals surface area contributed by atoms with Gasteiger partial charge in [0.15, 0.2) is 9.99 Å². The predicted molar refractivity (Wildman–Crippen MR) is 117 cm³/mol. The van der Waals surface area contributed by atoms with E-state index < -0.39 is 10.1 Å². The molecule has 4 nitrogen and oxygen atoms in total. The van der Waals surface area contributed by atoms with Crippen LogP contribution in [0.15, 0.2) is 80.8 Å². The van der Waals surface area contributed by atoms with Gasteiger partial charge in [-0.3, -0.25) is 9.35 Å². The van der Waals surface area contributed by atoms with Gasteiger partial charge < -0.3 is 0 Å². The summed E-state index contributed by atoms with van der Waals surface area (Å²) in [4.78, 5) is 12.0. The van der Waals surface area contributed by atoms with E-state index in [1.807, 2.05) is 24.3 Å². The molecule has 2 aromatic carbocycles. The third-order valence-corrected chi connectivity index (χ3v) is 6.62. The summed E-state index contributed by atoms with van der Waals surface area (Å²) in [7, 11) is -4.25. The highest BCUT2D eigenvalue weighted by atomic mass is 79.9. The van der Waals surface area contributed by atoms with Crippen LogP contribution in [0.25, 0.3) is 23.3 Å². The van der Waals surface area contributed by atoms with Gasteiger partial charge in [0, 0.05) is 10.0 Å². The molecular weight excluding hydrogens is 460 g/mol. The van der Waals surface area contributed by atoms with Gasteiger partial charge in [-0.05, 0) is 52.4 Å². The molecule has 28 heavy (non-hydrogen) atoms. The average molecular weight is 475 g/mol. The first kappa shape index (κ1) is 20.4. The van der Waals surface area contributed by atoms with Crippen molar-refractivity contribution >= 4 is 55.3 Å². The molecule has 1 N–H and O–H groups in total. The van der Waals surface area contributed by atoms with Gasteiger partial charge in [-0.1, -0.05) is 64.5 Å². The standard InChI is InChI=1S/C21H15BrO4S2/c22-18-3-1-2-16(14-18)7-11-19(23)10-6-15-4-8-17(9-5-15)20-12-13-27-21(20)28(24,25)26/h1-14H,(H,24,25,26)/b10-6+,11-7+. The van der Waals surface area contributed by atoms with Gasteiger partial charge in [-0.15, -0.1) is 11.3 Å². The van der Waals surface area contributed by atoms with Gasteiger partial charge in [0.05, 0.1) is 0 Å². The summed E-state index contributed by atoms with van der Waals surface area (Å²) in [6.07, 6.45) is 6.40. The highest BCUT2D eigenvalue weighted by Gasteiger charge is 2.18. The van der Waals surface area contributed by atoms with Crippen LogP contribution in [0.3, 0.4) is 0 Å². The van der Waals surface area contributed by atoms with E-state index >= 15 is 0 Å². The maximum Gasteiger partial charge on any atom is 0.304 e. The number of allylic oxidation sites excluding steroid dienone is 2. The zero-order chi connectivity index (χ0) is 20.1. The number of ketones is 1. The lowest BCUT2D eigenvalue weighted by atomic mass is 10.1. The number of hydrogen-bond donors (Lipinski definition) is 1. The molecule has 0 saturated heterocycles. The second-order valence-electron chi connectivity index (χ2n) is 5.84. The molecule has 1 heterocycles. The minimum Gasteiger partial charge on any atom is -0.290 e. The number of benzene rings is 2. The first-order chi connectivity index (χ1) is 13.3. The van der Waals surface area contributed by atoms with E-state index in [9.17, 15) is 17.8 Å². The first-order valence-electron chi connectivity index (χ1n) is 8.14. The van der Waals surface area contributed by atoms with Gasteiger partial charge in [0.1, 0.15) is 0 Å². The lowest BCUT2D eigenvalue weighted by Gasteiger charge is -2.02. The SMILES string of the molecule is O=C(/C=C/c1ccc(-c2ccsc2S(=O)(=O)O)cc1)/C=C/c1cccc(Br)c1. The fourth-order valence-electron chi connectivity index (χ4n) is 2.51. The van der Waals surface area contributed by atoms with E-state index in [2.05, 4.69) is 15.9 Å². The van der Waals surface area contributed by atoms with Crippen LogP contribution in [-0.4, -0.2) is 18.8 Å². The van der Waals surface area contributed by atoms with Crippen LogP contribution >= 0.6 is 27.3 Å². The fraction of sp³-hybridized carbons (Fsp3) is 0. The van der Waals surface area contributed by atoms with Crippen molar-refractivity contribution in [1.29, 1.82) is 0 Å². The number of rotatable bonds is 6. The molecule has 3 aromatic rings. The Hall–Kier alpha value is -2.32. The van der Waals surface area contributed by atoms with Crippen molar-refractivity contribution < 1.29 is 17.8 Å². The third kappa shape index (κ3) is 5.36. The predicted octanol–water partition coefficient (Wildman–Crippen LogP) is 5.72. The van der Waals surface area contributed by atoms with Crippen LogP contribution < -0.4 is 0 Å². The summed E-state index contributed by atoms with van der Waals surface area (Å²) >= 11 is 4.35. The smallest absolute Gasteiger partial charge is 0.290 e. The molecule has 0 aliphatic heterocycles. The number of carbonyl (C=O) groups is 1. The van der Waals surface area contributed by atoms with Crippen LogP contribution in [0.2, 0.25) is 0 Å². The van der Waals surface area contributed by atoms with E-state index in [0.29, 0.717) is 11.1 Å². The van der Waals surface area contributed by atoms with E-state index in [4.69, 9.17) is 0 Å². The Bertz CT molecular complexity index is 1160. The second kappa shape index (κ2) is 8.79. The molecule has 0 fully saturated rings. The maximum absolute atomic E-state index is 12.0. The monoisotopic (exact) mass is 474 g/mol. The molecule has 0 unspecified atom stereocenters. The lowest BCUT2D eigenvalue weighted by molar-refractivity contribution is -0.110. The molecule has 0 saturated carbocycles. The molecule has 0 radical (unpaired) electrons. The molecule has 142 valence electrons. The van der Waals surface area contributed by atoms with E-state index in [-0.39, 0.29) is 9.99 Å². The van der Waals surface area contributed by atoms with Gasteiger partial charge in [-0.2, -0.15) is 8.42 Å². The summed E-state index contributed by atoms with van der Waals surface area (Å²) in [5.74, 6) is -0.143. The van der Waals surface area contributed by atoms with Crippen LogP contribution in [0.4, 0.5) is 0 Å².